The van der Waals surface area contributed by atoms with E-state index in [1.54, 1.807) is 0 Å². The minimum absolute atomic E-state index is 0.0375. The van der Waals surface area contributed by atoms with Crippen LogP contribution < -0.4 is 10.6 Å². The minimum atomic E-state index is -4.70. The van der Waals surface area contributed by atoms with E-state index in [9.17, 15) is 31.1 Å². The second kappa shape index (κ2) is 6.83. The largest absolute Gasteiger partial charge is 0.417 e. The molecule has 0 radical (unpaired) electrons. The fourth-order valence-corrected chi connectivity index (χ4v) is 2.08. The van der Waals surface area contributed by atoms with Crippen LogP contribution in [0.4, 0.5) is 42.5 Å². The van der Waals surface area contributed by atoms with Crippen LogP contribution in [0.1, 0.15) is 11.1 Å². The normalized spacial score (nSPS) is 12.0. The zero-order chi connectivity index (χ0) is 18.8. The van der Waals surface area contributed by atoms with Crippen molar-refractivity contribution >= 4 is 29.0 Å². The van der Waals surface area contributed by atoms with E-state index in [0.29, 0.717) is 6.07 Å². The fourth-order valence-electron chi connectivity index (χ4n) is 1.86. The summed E-state index contributed by atoms with van der Waals surface area (Å²) >= 11 is 5.46. The maximum absolute atomic E-state index is 12.7. The molecule has 0 bridgehead atoms. The molecule has 10 heteroatoms. The molecule has 0 aliphatic carbocycles. The molecule has 0 aliphatic rings. The van der Waals surface area contributed by atoms with Gasteiger partial charge in [-0.05, 0) is 42.5 Å². The Kier molecular flexibility index (Phi) is 5.17. The summed E-state index contributed by atoms with van der Waals surface area (Å²) in [5, 5.41) is 3.83. The topological polar surface area (TPSA) is 41.1 Å². The highest BCUT2D eigenvalue weighted by molar-refractivity contribution is 6.31. The lowest BCUT2D eigenvalue weighted by Gasteiger charge is -2.13. The van der Waals surface area contributed by atoms with Crippen LogP contribution in [0.5, 0.6) is 0 Å². The van der Waals surface area contributed by atoms with Crippen LogP contribution in [0.15, 0.2) is 42.5 Å². The summed E-state index contributed by atoms with van der Waals surface area (Å²) in [7, 11) is 0. The number of rotatable bonds is 2. The Morgan fingerprint density at radius 1 is 0.800 bits per heavy atom. The molecule has 2 rings (SSSR count). The maximum atomic E-state index is 12.7. The summed E-state index contributed by atoms with van der Waals surface area (Å²) in [6.07, 6.45) is -9.21. The van der Waals surface area contributed by atoms with Crippen molar-refractivity contribution in [3.05, 3.63) is 58.6 Å². The Balaban J connectivity index is 2.08. The molecular formula is C15H9ClF6N2O. The minimum Gasteiger partial charge on any atom is -0.308 e. The Morgan fingerprint density at radius 3 is 1.84 bits per heavy atom. The van der Waals surface area contributed by atoms with Crippen molar-refractivity contribution in [3.63, 3.8) is 0 Å². The number of halogens is 7. The van der Waals surface area contributed by atoms with Crippen molar-refractivity contribution < 1.29 is 31.1 Å². The van der Waals surface area contributed by atoms with Crippen LogP contribution in [0.2, 0.25) is 5.02 Å². The first-order valence-electron chi connectivity index (χ1n) is 6.59. The van der Waals surface area contributed by atoms with Crippen molar-refractivity contribution in [2.45, 2.75) is 12.4 Å². The monoisotopic (exact) mass is 382 g/mol. The lowest BCUT2D eigenvalue weighted by Crippen LogP contribution is -2.20. The zero-order valence-electron chi connectivity index (χ0n) is 12.1. The Morgan fingerprint density at radius 2 is 1.32 bits per heavy atom. The first-order valence-corrected chi connectivity index (χ1v) is 6.96. The van der Waals surface area contributed by atoms with Gasteiger partial charge in [-0.25, -0.2) is 4.79 Å². The third kappa shape index (κ3) is 5.02. The van der Waals surface area contributed by atoms with E-state index in [2.05, 4.69) is 10.6 Å². The lowest BCUT2D eigenvalue weighted by atomic mass is 10.2. The van der Waals surface area contributed by atoms with Gasteiger partial charge in [0.25, 0.3) is 0 Å². The average Bonchev–Trinajstić information content (AvgIpc) is 2.47. The van der Waals surface area contributed by atoms with E-state index in [0.717, 1.165) is 36.4 Å². The molecule has 0 spiro atoms. The molecule has 0 unspecified atom stereocenters. The molecule has 2 aromatic carbocycles. The number of alkyl halides is 6. The number of benzene rings is 2. The molecule has 0 aromatic heterocycles. The predicted octanol–water partition coefficient (Wildman–Crippen LogP) is 6.02. The smallest absolute Gasteiger partial charge is 0.308 e. The highest BCUT2D eigenvalue weighted by Crippen LogP contribution is 2.36. The third-order valence-corrected chi connectivity index (χ3v) is 3.33. The number of nitrogens with one attached hydrogen (secondary N) is 2. The van der Waals surface area contributed by atoms with Gasteiger partial charge in [0.05, 0.1) is 16.1 Å². The van der Waals surface area contributed by atoms with Gasteiger partial charge in [-0.1, -0.05) is 11.6 Å². The SMILES string of the molecule is O=C(Nc1ccc(C(F)(F)F)cc1)Nc1ccc(Cl)c(C(F)(F)F)c1. The van der Waals surface area contributed by atoms with Crippen LogP contribution in [-0.2, 0) is 12.4 Å². The number of urea groups is 1. The first kappa shape index (κ1) is 18.9. The molecule has 0 fully saturated rings. The molecule has 134 valence electrons. The molecule has 0 saturated heterocycles. The maximum Gasteiger partial charge on any atom is 0.417 e. The van der Waals surface area contributed by atoms with Gasteiger partial charge in [-0.15, -0.1) is 0 Å². The second-order valence-corrected chi connectivity index (χ2v) is 5.25. The Bertz CT molecular complexity index is 771. The van der Waals surface area contributed by atoms with Gasteiger partial charge in [0, 0.05) is 11.4 Å². The van der Waals surface area contributed by atoms with E-state index in [1.165, 1.54) is 0 Å². The Labute approximate surface area is 142 Å². The molecule has 0 atom stereocenters. The van der Waals surface area contributed by atoms with Crippen molar-refractivity contribution in [2.24, 2.45) is 0 Å². The van der Waals surface area contributed by atoms with E-state index in [4.69, 9.17) is 11.6 Å². The zero-order valence-corrected chi connectivity index (χ0v) is 12.9. The van der Waals surface area contributed by atoms with E-state index < -0.39 is 34.5 Å². The van der Waals surface area contributed by atoms with E-state index >= 15 is 0 Å². The van der Waals surface area contributed by atoms with Gasteiger partial charge in [-0.3, -0.25) is 0 Å². The second-order valence-electron chi connectivity index (χ2n) is 4.85. The van der Waals surface area contributed by atoms with Crippen LogP contribution >= 0.6 is 11.6 Å². The number of carbonyl (C=O) groups is 1. The van der Waals surface area contributed by atoms with Gasteiger partial charge in [0.2, 0.25) is 0 Å². The number of hydrogen-bond acceptors (Lipinski definition) is 1. The molecule has 2 aromatic rings. The highest BCUT2D eigenvalue weighted by Gasteiger charge is 2.33. The predicted molar refractivity (Wildman–Crippen MR) is 80.5 cm³/mol. The molecule has 0 saturated carbocycles. The molecule has 25 heavy (non-hydrogen) atoms. The van der Waals surface area contributed by atoms with Gasteiger partial charge in [-0.2, -0.15) is 26.3 Å². The summed E-state index contributed by atoms with van der Waals surface area (Å²) in [6.45, 7) is 0. The van der Waals surface area contributed by atoms with Gasteiger partial charge in [0.1, 0.15) is 0 Å². The van der Waals surface area contributed by atoms with Crippen LogP contribution in [0, 0.1) is 0 Å². The molecule has 2 amide bonds. The number of carbonyl (C=O) groups excluding carboxylic acids is 1. The molecule has 2 N–H and O–H groups in total. The lowest BCUT2D eigenvalue weighted by molar-refractivity contribution is -0.138. The van der Waals surface area contributed by atoms with Crippen LogP contribution in [0.25, 0.3) is 0 Å². The molecule has 0 aliphatic heterocycles. The van der Waals surface area contributed by atoms with Gasteiger partial charge < -0.3 is 10.6 Å². The third-order valence-electron chi connectivity index (χ3n) is 3.00. The van der Waals surface area contributed by atoms with Crippen molar-refractivity contribution in [1.82, 2.24) is 0 Å². The Hall–Kier alpha value is -2.42. The summed E-state index contributed by atoms with van der Waals surface area (Å²) < 4.78 is 75.5. The molecule has 3 nitrogen and oxygen atoms in total. The summed E-state index contributed by atoms with van der Waals surface area (Å²) in [6, 6.07) is 5.42. The average molecular weight is 383 g/mol. The van der Waals surface area contributed by atoms with E-state index in [-0.39, 0.29) is 11.4 Å². The summed E-state index contributed by atoms with van der Waals surface area (Å²) in [4.78, 5) is 11.8. The number of anilines is 2. The standard InChI is InChI=1S/C15H9ClF6N2O/c16-12-6-5-10(7-11(12)15(20,21)22)24-13(25)23-9-3-1-8(2-4-9)14(17,18)19/h1-7H,(H2,23,24,25). The van der Waals surface area contributed by atoms with Crippen LogP contribution in [-0.4, -0.2) is 6.03 Å². The summed E-state index contributed by atoms with van der Waals surface area (Å²) in [5.41, 5.74) is -2.16. The van der Waals surface area contributed by atoms with Gasteiger partial charge in [0.15, 0.2) is 0 Å². The van der Waals surface area contributed by atoms with Crippen LogP contribution in [0.3, 0.4) is 0 Å². The van der Waals surface area contributed by atoms with Crippen molar-refractivity contribution in [1.29, 1.82) is 0 Å². The van der Waals surface area contributed by atoms with E-state index in [1.807, 2.05) is 0 Å². The molecule has 0 heterocycles. The summed E-state index contributed by atoms with van der Waals surface area (Å²) in [5.74, 6) is 0. The first-order chi connectivity index (χ1) is 11.5. The number of amides is 2. The van der Waals surface area contributed by atoms with Crippen molar-refractivity contribution in [3.8, 4) is 0 Å². The fraction of sp³-hybridized carbons (Fsp3) is 0.133. The molecular weight excluding hydrogens is 374 g/mol. The quantitative estimate of drug-likeness (QED) is 0.612. The van der Waals surface area contributed by atoms with Crippen molar-refractivity contribution in [2.75, 3.05) is 10.6 Å². The van der Waals surface area contributed by atoms with Gasteiger partial charge >= 0.3 is 18.4 Å². The highest BCUT2D eigenvalue weighted by atomic mass is 35.5. The number of hydrogen-bond donors (Lipinski definition) is 2.